The van der Waals surface area contributed by atoms with Crippen molar-refractivity contribution in [3.8, 4) is 0 Å². The van der Waals surface area contributed by atoms with E-state index < -0.39 is 11.9 Å². The molecule has 1 saturated carbocycles. The van der Waals surface area contributed by atoms with Crippen molar-refractivity contribution in [2.24, 2.45) is 11.3 Å². The largest absolute Gasteiger partial charge is 0.481 e. The molecule has 0 bridgehead atoms. The van der Waals surface area contributed by atoms with E-state index >= 15 is 0 Å². The molecule has 1 amide bonds. The van der Waals surface area contributed by atoms with E-state index in [1.165, 1.54) is 0 Å². The summed E-state index contributed by atoms with van der Waals surface area (Å²) in [5, 5.41) is 11.8. The topological polar surface area (TPSA) is 75.6 Å². The van der Waals surface area contributed by atoms with Crippen LogP contribution in [0.1, 0.15) is 32.3 Å². The third-order valence-corrected chi connectivity index (χ3v) is 4.09. The van der Waals surface area contributed by atoms with Crippen molar-refractivity contribution in [1.29, 1.82) is 0 Å². The normalized spacial score (nSPS) is 16.8. The first-order valence-electron chi connectivity index (χ1n) is 7.68. The SMILES string of the molecule is CCOCC1(C(=O)Nc2ccc(CC(C)C(=O)O)cc2)CC1. The average Bonchev–Trinajstić information content (AvgIpc) is 3.28. The summed E-state index contributed by atoms with van der Waals surface area (Å²) in [7, 11) is 0. The van der Waals surface area contributed by atoms with Gasteiger partial charge in [-0.3, -0.25) is 9.59 Å². The molecule has 1 fully saturated rings. The van der Waals surface area contributed by atoms with E-state index in [9.17, 15) is 9.59 Å². The Labute approximate surface area is 130 Å². The number of benzene rings is 1. The second-order valence-electron chi connectivity index (χ2n) is 6.01. The van der Waals surface area contributed by atoms with Crippen LogP contribution in [0.25, 0.3) is 0 Å². The van der Waals surface area contributed by atoms with Crippen LogP contribution in [0.3, 0.4) is 0 Å². The summed E-state index contributed by atoms with van der Waals surface area (Å²) in [4.78, 5) is 23.1. The zero-order valence-corrected chi connectivity index (χ0v) is 13.1. The predicted octanol–water partition coefficient (Wildman–Crippen LogP) is 2.71. The molecule has 0 spiro atoms. The molecule has 0 aromatic heterocycles. The van der Waals surface area contributed by atoms with Crippen LogP contribution in [0.2, 0.25) is 0 Å². The van der Waals surface area contributed by atoms with E-state index in [0.717, 1.165) is 24.1 Å². The quantitative estimate of drug-likeness (QED) is 0.774. The number of hydrogen-bond acceptors (Lipinski definition) is 3. The van der Waals surface area contributed by atoms with Crippen molar-refractivity contribution in [2.45, 2.75) is 33.1 Å². The number of rotatable bonds is 8. The molecule has 1 atom stereocenters. The molecule has 1 aromatic carbocycles. The lowest BCUT2D eigenvalue weighted by Gasteiger charge is -2.15. The number of nitrogens with one attached hydrogen (secondary N) is 1. The highest BCUT2D eigenvalue weighted by Crippen LogP contribution is 2.46. The van der Waals surface area contributed by atoms with Gasteiger partial charge in [0.1, 0.15) is 0 Å². The maximum absolute atomic E-state index is 12.3. The highest BCUT2D eigenvalue weighted by atomic mass is 16.5. The van der Waals surface area contributed by atoms with Gasteiger partial charge in [-0.15, -0.1) is 0 Å². The monoisotopic (exact) mass is 305 g/mol. The minimum Gasteiger partial charge on any atom is -0.481 e. The molecule has 120 valence electrons. The molecular weight excluding hydrogens is 282 g/mol. The van der Waals surface area contributed by atoms with E-state index in [1.54, 1.807) is 6.92 Å². The Bertz CT molecular complexity index is 534. The van der Waals surface area contributed by atoms with Crippen molar-refractivity contribution in [1.82, 2.24) is 0 Å². The van der Waals surface area contributed by atoms with Gasteiger partial charge in [-0.1, -0.05) is 19.1 Å². The van der Waals surface area contributed by atoms with Crippen LogP contribution >= 0.6 is 0 Å². The number of amides is 1. The fourth-order valence-corrected chi connectivity index (χ4v) is 2.31. The number of anilines is 1. The zero-order chi connectivity index (χ0) is 16.2. The van der Waals surface area contributed by atoms with Gasteiger partial charge < -0.3 is 15.2 Å². The van der Waals surface area contributed by atoms with Gasteiger partial charge in [-0.25, -0.2) is 0 Å². The predicted molar refractivity (Wildman–Crippen MR) is 83.7 cm³/mol. The lowest BCUT2D eigenvalue weighted by Crippen LogP contribution is -2.28. The minimum atomic E-state index is -0.802. The standard InChI is InChI=1S/C17H23NO4/c1-3-22-11-17(8-9-17)16(21)18-14-6-4-13(5-7-14)10-12(2)15(19)20/h4-7,12H,3,8-11H2,1-2H3,(H,18,21)(H,19,20). The van der Waals surface area contributed by atoms with E-state index in [2.05, 4.69) is 5.32 Å². The van der Waals surface area contributed by atoms with E-state index in [-0.39, 0.29) is 11.3 Å². The van der Waals surface area contributed by atoms with Gasteiger partial charge in [0.05, 0.1) is 17.9 Å². The summed E-state index contributed by atoms with van der Waals surface area (Å²) < 4.78 is 5.39. The molecule has 2 N–H and O–H groups in total. The van der Waals surface area contributed by atoms with E-state index in [4.69, 9.17) is 9.84 Å². The summed E-state index contributed by atoms with van der Waals surface area (Å²) in [6, 6.07) is 7.35. The van der Waals surface area contributed by atoms with Gasteiger partial charge in [-0.05, 0) is 43.9 Å². The van der Waals surface area contributed by atoms with Gasteiger partial charge in [-0.2, -0.15) is 0 Å². The number of carbonyl (C=O) groups excluding carboxylic acids is 1. The maximum Gasteiger partial charge on any atom is 0.306 e. The molecule has 1 unspecified atom stereocenters. The van der Waals surface area contributed by atoms with E-state index in [1.807, 2.05) is 31.2 Å². The first-order chi connectivity index (χ1) is 10.5. The Balaban J connectivity index is 1.91. The molecule has 0 aliphatic heterocycles. The molecule has 5 nitrogen and oxygen atoms in total. The number of aliphatic carboxylic acids is 1. The summed E-state index contributed by atoms with van der Waals surface area (Å²) in [5.41, 5.74) is 1.33. The lowest BCUT2D eigenvalue weighted by molar-refractivity contribution is -0.141. The van der Waals surface area contributed by atoms with Crippen LogP contribution in [0.15, 0.2) is 24.3 Å². The summed E-state index contributed by atoms with van der Waals surface area (Å²) in [6.45, 7) is 4.70. The summed E-state index contributed by atoms with van der Waals surface area (Å²) >= 11 is 0. The fraction of sp³-hybridized carbons (Fsp3) is 0.529. The van der Waals surface area contributed by atoms with Crippen molar-refractivity contribution in [3.05, 3.63) is 29.8 Å². The van der Waals surface area contributed by atoms with Crippen LogP contribution in [0, 0.1) is 11.3 Å². The Kier molecular flexibility index (Phi) is 5.19. The lowest BCUT2D eigenvalue weighted by atomic mass is 10.0. The van der Waals surface area contributed by atoms with Gasteiger partial charge >= 0.3 is 5.97 Å². The molecule has 1 aliphatic rings. The van der Waals surface area contributed by atoms with E-state index in [0.29, 0.717) is 19.6 Å². The van der Waals surface area contributed by atoms with Crippen molar-refractivity contribution >= 4 is 17.6 Å². The molecule has 0 heterocycles. The number of carbonyl (C=O) groups is 2. The highest BCUT2D eigenvalue weighted by Gasteiger charge is 2.50. The Morgan fingerprint density at radius 3 is 2.45 bits per heavy atom. The number of carboxylic acid groups (broad SMARTS) is 1. The Morgan fingerprint density at radius 2 is 1.95 bits per heavy atom. The van der Waals surface area contributed by atoms with Crippen LogP contribution in [-0.2, 0) is 20.7 Å². The molecule has 5 heteroatoms. The number of carboxylic acids is 1. The second-order valence-corrected chi connectivity index (χ2v) is 6.01. The highest BCUT2D eigenvalue weighted by molar-refractivity contribution is 5.97. The smallest absolute Gasteiger partial charge is 0.306 e. The third-order valence-electron chi connectivity index (χ3n) is 4.09. The maximum atomic E-state index is 12.3. The minimum absolute atomic E-state index is 0.00704. The molecular formula is C17H23NO4. The zero-order valence-electron chi connectivity index (χ0n) is 13.1. The van der Waals surface area contributed by atoms with Gasteiger partial charge in [0, 0.05) is 12.3 Å². The first kappa shape index (κ1) is 16.5. The number of hydrogen-bond donors (Lipinski definition) is 2. The second kappa shape index (κ2) is 6.92. The van der Waals surface area contributed by atoms with Crippen LogP contribution in [0.5, 0.6) is 0 Å². The molecule has 22 heavy (non-hydrogen) atoms. The number of ether oxygens (including phenoxy) is 1. The van der Waals surface area contributed by atoms with Gasteiger partial charge in [0.15, 0.2) is 0 Å². The van der Waals surface area contributed by atoms with Crippen molar-refractivity contribution in [2.75, 3.05) is 18.5 Å². The van der Waals surface area contributed by atoms with Gasteiger partial charge in [0.2, 0.25) is 5.91 Å². The first-order valence-corrected chi connectivity index (χ1v) is 7.68. The molecule has 2 rings (SSSR count). The summed E-state index contributed by atoms with van der Waals surface area (Å²) in [6.07, 6.45) is 2.22. The average molecular weight is 305 g/mol. The Hall–Kier alpha value is -1.88. The van der Waals surface area contributed by atoms with Crippen molar-refractivity contribution < 1.29 is 19.4 Å². The molecule has 0 radical (unpaired) electrons. The van der Waals surface area contributed by atoms with Crippen LogP contribution < -0.4 is 5.32 Å². The van der Waals surface area contributed by atoms with Crippen LogP contribution in [0.4, 0.5) is 5.69 Å². The van der Waals surface area contributed by atoms with Gasteiger partial charge in [0.25, 0.3) is 0 Å². The fourth-order valence-electron chi connectivity index (χ4n) is 2.31. The summed E-state index contributed by atoms with van der Waals surface area (Å²) in [5.74, 6) is -1.21. The molecule has 1 aromatic rings. The van der Waals surface area contributed by atoms with Crippen LogP contribution in [-0.4, -0.2) is 30.2 Å². The Morgan fingerprint density at radius 1 is 1.32 bits per heavy atom. The third kappa shape index (κ3) is 4.07. The molecule has 0 saturated heterocycles. The molecule has 1 aliphatic carbocycles. The van der Waals surface area contributed by atoms with Crippen molar-refractivity contribution in [3.63, 3.8) is 0 Å².